The second-order valence-corrected chi connectivity index (χ2v) is 9.95. The Morgan fingerprint density at radius 2 is 2.04 bits per heavy atom. The predicted molar refractivity (Wildman–Crippen MR) is 104 cm³/mol. The fourth-order valence-corrected chi connectivity index (χ4v) is 6.78. The summed E-state index contributed by atoms with van der Waals surface area (Å²) < 4.78 is 0.493. The van der Waals surface area contributed by atoms with Crippen molar-refractivity contribution in [2.45, 2.75) is 35.3 Å². The number of thioether (sulfide) groups is 2. The number of anilines is 1. The molecule has 3 rings (SSSR count). The Morgan fingerprint density at radius 3 is 2.70 bits per heavy atom. The Kier molecular flexibility index (Phi) is 5.96. The summed E-state index contributed by atoms with van der Waals surface area (Å²) in [6.45, 7) is 4.29. The first-order chi connectivity index (χ1) is 11.1. The van der Waals surface area contributed by atoms with Gasteiger partial charge in [-0.1, -0.05) is 41.9 Å². The number of halogens is 1. The number of hydrogen-bond donors (Lipinski definition) is 3. The first-order valence-electron chi connectivity index (χ1n) is 7.85. The lowest BCUT2D eigenvalue weighted by Crippen LogP contribution is -2.42. The predicted octanol–water partition coefficient (Wildman–Crippen LogP) is 3.37. The normalized spacial score (nSPS) is 28.4. The molecule has 7 heteroatoms. The summed E-state index contributed by atoms with van der Waals surface area (Å²) in [7, 11) is 0. The number of hydrazine groups is 1. The molecule has 0 saturated carbocycles. The molecule has 0 aromatic heterocycles. The van der Waals surface area contributed by atoms with Crippen molar-refractivity contribution in [3.63, 3.8) is 0 Å². The van der Waals surface area contributed by atoms with Crippen LogP contribution in [0.5, 0.6) is 0 Å². The molecular formula is C16H22BrN3OS2. The third kappa shape index (κ3) is 4.07. The quantitative estimate of drug-likeness (QED) is 0.658. The zero-order chi connectivity index (χ0) is 16.4. The summed E-state index contributed by atoms with van der Waals surface area (Å²) in [4.78, 5) is 12.6. The molecule has 2 aliphatic heterocycles. The van der Waals surface area contributed by atoms with Crippen molar-refractivity contribution >= 4 is 51.0 Å². The minimum absolute atomic E-state index is 0.00796. The van der Waals surface area contributed by atoms with Gasteiger partial charge in [0.25, 0.3) is 0 Å². The minimum atomic E-state index is -0.277. The molecule has 3 unspecified atom stereocenters. The van der Waals surface area contributed by atoms with Crippen LogP contribution in [0.15, 0.2) is 24.3 Å². The van der Waals surface area contributed by atoms with E-state index in [2.05, 4.69) is 58.1 Å². The van der Waals surface area contributed by atoms with Crippen molar-refractivity contribution in [1.82, 2.24) is 10.9 Å². The van der Waals surface area contributed by atoms with Crippen LogP contribution in [-0.2, 0) is 4.79 Å². The average molecular weight is 416 g/mol. The molecule has 2 fully saturated rings. The summed E-state index contributed by atoms with van der Waals surface area (Å²) in [6, 6.07) is 8.18. The highest BCUT2D eigenvalue weighted by atomic mass is 79.9. The molecule has 23 heavy (non-hydrogen) atoms. The van der Waals surface area contributed by atoms with E-state index in [4.69, 9.17) is 0 Å². The van der Waals surface area contributed by atoms with Gasteiger partial charge in [-0.15, -0.1) is 23.5 Å². The summed E-state index contributed by atoms with van der Waals surface area (Å²) in [5.74, 6) is 2.84. The van der Waals surface area contributed by atoms with Gasteiger partial charge in [0.05, 0.1) is 9.41 Å². The van der Waals surface area contributed by atoms with Gasteiger partial charge in [-0.25, -0.2) is 5.43 Å². The largest absolute Gasteiger partial charge is 0.325 e. The van der Waals surface area contributed by atoms with Gasteiger partial charge in [-0.05, 0) is 23.6 Å². The van der Waals surface area contributed by atoms with E-state index in [-0.39, 0.29) is 22.8 Å². The number of carbonyl (C=O) groups excluding carboxylic acids is 1. The molecular weight excluding hydrogens is 394 g/mol. The van der Waals surface area contributed by atoms with Crippen LogP contribution in [0, 0.1) is 5.92 Å². The van der Waals surface area contributed by atoms with Gasteiger partial charge in [0.2, 0.25) is 5.91 Å². The second kappa shape index (κ2) is 7.78. The van der Waals surface area contributed by atoms with E-state index in [1.165, 1.54) is 17.1 Å². The Labute approximate surface area is 154 Å². The topological polar surface area (TPSA) is 53.2 Å². The zero-order valence-electron chi connectivity index (χ0n) is 13.2. The van der Waals surface area contributed by atoms with E-state index in [9.17, 15) is 4.79 Å². The number of amides is 1. The maximum atomic E-state index is 12.6. The smallest absolute Gasteiger partial charge is 0.244 e. The molecule has 0 bridgehead atoms. The van der Waals surface area contributed by atoms with E-state index >= 15 is 0 Å². The third-order valence-electron chi connectivity index (χ3n) is 4.12. The molecule has 0 radical (unpaired) electrons. The standard InChI is InChI=1S/C16H22BrN3OS2/c1-9(2)13-12(17)14(20-19-13)15(21)18-11-5-3-4-10(8-11)16-22-6-7-23-16/h3-5,8-9,12-14,16,19-20H,6-7H2,1-2H3,(H,18,21). The molecule has 0 spiro atoms. The molecule has 2 heterocycles. The molecule has 3 N–H and O–H groups in total. The lowest BCUT2D eigenvalue weighted by Gasteiger charge is -2.19. The molecule has 3 atom stereocenters. The van der Waals surface area contributed by atoms with Crippen molar-refractivity contribution in [3.8, 4) is 0 Å². The Morgan fingerprint density at radius 1 is 1.30 bits per heavy atom. The van der Waals surface area contributed by atoms with Crippen LogP contribution >= 0.6 is 39.5 Å². The van der Waals surface area contributed by atoms with E-state index in [1.54, 1.807) is 0 Å². The average Bonchev–Trinajstić information content (AvgIpc) is 3.16. The fraction of sp³-hybridized carbons (Fsp3) is 0.562. The van der Waals surface area contributed by atoms with Crippen LogP contribution in [0.1, 0.15) is 24.0 Å². The molecule has 1 aromatic carbocycles. The van der Waals surface area contributed by atoms with Gasteiger partial charge in [0.1, 0.15) is 6.04 Å². The Bertz CT molecular complexity index is 566. The minimum Gasteiger partial charge on any atom is -0.325 e. The zero-order valence-corrected chi connectivity index (χ0v) is 16.4. The van der Waals surface area contributed by atoms with Gasteiger partial charge in [0.15, 0.2) is 0 Å². The molecule has 126 valence electrons. The number of hydrogen-bond acceptors (Lipinski definition) is 5. The third-order valence-corrected chi connectivity index (χ3v) is 8.32. The van der Waals surface area contributed by atoms with Crippen molar-refractivity contribution < 1.29 is 4.79 Å². The number of benzene rings is 1. The van der Waals surface area contributed by atoms with Gasteiger partial charge < -0.3 is 5.32 Å². The van der Waals surface area contributed by atoms with Crippen LogP contribution in [-0.4, -0.2) is 34.3 Å². The van der Waals surface area contributed by atoms with Crippen LogP contribution in [0.3, 0.4) is 0 Å². The van der Waals surface area contributed by atoms with E-state index < -0.39 is 0 Å². The van der Waals surface area contributed by atoms with Crippen LogP contribution in [0.25, 0.3) is 0 Å². The summed E-state index contributed by atoms with van der Waals surface area (Å²) >= 11 is 7.61. The molecule has 2 saturated heterocycles. The van der Waals surface area contributed by atoms with Crippen molar-refractivity contribution in [3.05, 3.63) is 29.8 Å². The highest BCUT2D eigenvalue weighted by Gasteiger charge is 2.39. The second-order valence-electron chi connectivity index (χ2n) is 6.17. The summed E-state index contributed by atoms with van der Waals surface area (Å²) in [5, 5.41) is 3.05. The van der Waals surface area contributed by atoms with Crippen molar-refractivity contribution in [2.24, 2.45) is 5.92 Å². The van der Waals surface area contributed by atoms with Gasteiger partial charge in [-0.3, -0.25) is 10.2 Å². The lowest BCUT2D eigenvalue weighted by molar-refractivity contribution is -0.117. The van der Waals surface area contributed by atoms with Crippen LogP contribution in [0.2, 0.25) is 0 Å². The molecule has 0 aliphatic carbocycles. The highest BCUT2D eigenvalue weighted by molar-refractivity contribution is 9.09. The van der Waals surface area contributed by atoms with Gasteiger partial charge in [-0.2, -0.15) is 0 Å². The van der Waals surface area contributed by atoms with E-state index in [1.807, 2.05) is 35.7 Å². The Hall–Kier alpha value is -0.210. The number of nitrogens with one attached hydrogen (secondary N) is 3. The summed E-state index contributed by atoms with van der Waals surface area (Å²) in [6.07, 6.45) is 0. The lowest BCUT2D eigenvalue weighted by atomic mass is 9.99. The number of carbonyl (C=O) groups is 1. The first-order valence-corrected chi connectivity index (χ1v) is 10.9. The van der Waals surface area contributed by atoms with E-state index in [0.29, 0.717) is 10.5 Å². The highest BCUT2D eigenvalue weighted by Crippen LogP contribution is 2.45. The molecule has 1 amide bonds. The maximum absolute atomic E-state index is 12.6. The fourth-order valence-electron chi connectivity index (χ4n) is 2.83. The van der Waals surface area contributed by atoms with Crippen molar-refractivity contribution in [1.29, 1.82) is 0 Å². The van der Waals surface area contributed by atoms with Gasteiger partial charge in [0, 0.05) is 23.2 Å². The molecule has 2 aliphatic rings. The van der Waals surface area contributed by atoms with Crippen LogP contribution < -0.4 is 16.2 Å². The van der Waals surface area contributed by atoms with Crippen LogP contribution in [0.4, 0.5) is 5.69 Å². The monoisotopic (exact) mass is 415 g/mol. The number of alkyl halides is 1. The number of rotatable bonds is 4. The molecule has 1 aromatic rings. The summed E-state index contributed by atoms with van der Waals surface area (Å²) in [5.41, 5.74) is 8.48. The Balaban J connectivity index is 1.65. The van der Waals surface area contributed by atoms with Gasteiger partial charge >= 0.3 is 0 Å². The first kappa shape index (κ1) is 17.6. The SMILES string of the molecule is CC(C)C1NNC(C(=O)Nc2cccc(C3SCCS3)c2)C1Br. The van der Waals surface area contributed by atoms with E-state index in [0.717, 1.165) is 5.69 Å². The maximum Gasteiger partial charge on any atom is 0.244 e. The van der Waals surface area contributed by atoms with Crippen molar-refractivity contribution in [2.75, 3.05) is 16.8 Å². The molecule has 4 nitrogen and oxygen atoms in total.